The van der Waals surface area contributed by atoms with Crippen LogP contribution < -0.4 is 0 Å². The predicted octanol–water partition coefficient (Wildman–Crippen LogP) is 16.3. The number of pyridine rings is 1. The highest BCUT2D eigenvalue weighted by atomic mass is 15.0. The van der Waals surface area contributed by atoms with Gasteiger partial charge in [-0.25, -0.2) is 0 Å². The average molecular weight is 879 g/mol. The summed E-state index contributed by atoms with van der Waals surface area (Å²) in [6, 6.07) is 101. The summed E-state index contributed by atoms with van der Waals surface area (Å²) in [7, 11) is 0. The molecule has 2 heterocycles. The van der Waals surface area contributed by atoms with E-state index in [4.69, 9.17) is 0 Å². The van der Waals surface area contributed by atoms with Crippen molar-refractivity contribution in [1.82, 2.24) is 9.55 Å². The number of para-hydroxylation sites is 1. The average Bonchev–Trinajstić information content (AvgIpc) is 3.92. The first kappa shape index (κ1) is 40.4. The quantitative estimate of drug-likeness (QED) is 0.132. The van der Waals surface area contributed by atoms with Crippen LogP contribution in [-0.4, -0.2) is 9.55 Å². The topological polar surface area (TPSA) is 17.8 Å². The van der Waals surface area contributed by atoms with Crippen LogP contribution >= 0.6 is 0 Å². The Morgan fingerprint density at radius 2 is 0.812 bits per heavy atom. The van der Waals surface area contributed by atoms with Crippen LogP contribution in [0.15, 0.2) is 279 Å². The van der Waals surface area contributed by atoms with Crippen LogP contribution in [0.1, 0.15) is 44.5 Å². The van der Waals surface area contributed by atoms with Crippen LogP contribution in [0.3, 0.4) is 0 Å². The zero-order valence-electron chi connectivity index (χ0n) is 38.0. The monoisotopic (exact) mass is 878 g/mol. The second-order valence-electron chi connectivity index (χ2n) is 18.2. The molecule has 10 aromatic carbocycles. The molecule has 0 fully saturated rings. The molecule has 0 spiro atoms. The van der Waals surface area contributed by atoms with Gasteiger partial charge < -0.3 is 4.57 Å². The summed E-state index contributed by atoms with van der Waals surface area (Å²) in [6.45, 7) is 0. The van der Waals surface area contributed by atoms with Crippen molar-refractivity contribution in [2.45, 2.75) is 10.8 Å². The molecule has 0 saturated heterocycles. The summed E-state index contributed by atoms with van der Waals surface area (Å²) in [5.74, 6) is 0. The van der Waals surface area contributed by atoms with Crippen molar-refractivity contribution >= 4 is 21.8 Å². The van der Waals surface area contributed by atoms with Crippen LogP contribution in [0.4, 0.5) is 0 Å². The molecule has 0 amide bonds. The van der Waals surface area contributed by atoms with E-state index in [1.165, 1.54) is 88.6 Å². The van der Waals surface area contributed by atoms with Crippen molar-refractivity contribution in [3.05, 3.63) is 324 Å². The molecule has 0 radical (unpaired) electrons. The molecule has 324 valence electrons. The zero-order chi connectivity index (χ0) is 45.8. The number of rotatable bonds is 9. The number of aromatic nitrogens is 2. The Morgan fingerprint density at radius 3 is 1.41 bits per heavy atom. The molecule has 2 heteroatoms. The zero-order valence-corrected chi connectivity index (χ0v) is 38.0. The highest BCUT2D eigenvalue weighted by Gasteiger charge is 2.48. The van der Waals surface area contributed by atoms with Gasteiger partial charge >= 0.3 is 0 Å². The lowest BCUT2D eigenvalue weighted by Crippen LogP contribution is -2.33. The molecule has 69 heavy (non-hydrogen) atoms. The van der Waals surface area contributed by atoms with Gasteiger partial charge in [0.25, 0.3) is 0 Å². The summed E-state index contributed by atoms with van der Waals surface area (Å²) in [5, 5.41) is 2.45. The molecule has 0 N–H and O–H groups in total. The smallest absolute Gasteiger partial charge is 0.0713 e. The fourth-order valence-electron chi connectivity index (χ4n) is 11.7. The van der Waals surface area contributed by atoms with E-state index in [1.807, 2.05) is 18.3 Å². The fraction of sp³-hybridized carbons (Fsp3) is 0.0299. The van der Waals surface area contributed by atoms with Gasteiger partial charge in [-0.2, -0.15) is 0 Å². The van der Waals surface area contributed by atoms with Crippen molar-refractivity contribution < 1.29 is 0 Å². The van der Waals surface area contributed by atoms with E-state index in [2.05, 4.69) is 270 Å². The van der Waals surface area contributed by atoms with Gasteiger partial charge in [0.1, 0.15) is 0 Å². The van der Waals surface area contributed by atoms with Gasteiger partial charge in [-0.1, -0.05) is 224 Å². The lowest BCUT2D eigenvalue weighted by molar-refractivity contribution is 0.729. The molecule has 0 aliphatic heterocycles. The summed E-state index contributed by atoms with van der Waals surface area (Å²) in [6.07, 6.45) is 1.85. The van der Waals surface area contributed by atoms with Gasteiger partial charge in [-0.3, -0.25) is 4.98 Å². The Balaban J connectivity index is 1.03. The standard InChI is InChI=1S/C67H46N2/c1-6-20-50(21-7-1)66(51-22-8-2-9-23-51,52-24-10-3-11-25-52)55-37-41-58-57-40-35-49(45-61(57)67(62(58)46-55,53-26-12-4-13-27-53)54-28-14-5-15-29-54)48-36-42-65-60(44-48)59-30-16-17-32-64(59)69(65)56-38-33-47(34-39-56)63-31-18-19-43-68-63/h1-46H. The first-order chi connectivity index (χ1) is 34.2. The normalized spacial score (nSPS) is 12.8. The SMILES string of the molecule is c1ccc(C(c2ccccc2)(c2ccccc2)c2ccc3c(c2)C(c2ccccc2)(c2ccccc2)c2cc(-c4ccc5c(c4)c4ccccc4n5-c4ccc(-c5ccccn5)cc4)ccc2-3)cc1. The van der Waals surface area contributed by atoms with Crippen LogP contribution in [-0.2, 0) is 10.8 Å². The Hall–Kier alpha value is -8.85. The van der Waals surface area contributed by atoms with Crippen molar-refractivity contribution in [3.8, 4) is 39.2 Å². The maximum atomic E-state index is 4.60. The first-order valence-corrected chi connectivity index (χ1v) is 23.9. The van der Waals surface area contributed by atoms with E-state index in [0.29, 0.717) is 0 Å². The third-order valence-electron chi connectivity index (χ3n) is 14.7. The van der Waals surface area contributed by atoms with E-state index in [-0.39, 0.29) is 0 Å². The number of hydrogen-bond acceptors (Lipinski definition) is 1. The maximum absolute atomic E-state index is 4.60. The Morgan fingerprint density at radius 1 is 0.333 bits per heavy atom. The van der Waals surface area contributed by atoms with E-state index < -0.39 is 10.8 Å². The van der Waals surface area contributed by atoms with Crippen molar-refractivity contribution in [3.63, 3.8) is 0 Å². The van der Waals surface area contributed by atoms with Gasteiger partial charge in [0.2, 0.25) is 0 Å². The predicted molar refractivity (Wildman–Crippen MR) is 285 cm³/mol. The molecule has 0 unspecified atom stereocenters. The van der Waals surface area contributed by atoms with E-state index in [9.17, 15) is 0 Å². The van der Waals surface area contributed by atoms with Gasteiger partial charge in [-0.05, 0) is 115 Å². The summed E-state index contributed by atoms with van der Waals surface area (Å²) >= 11 is 0. The Bertz CT molecular complexity index is 3650. The second kappa shape index (κ2) is 16.5. The molecule has 12 aromatic rings. The Labute approximate surface area is 403 Å². The fourth-order valence-corrected chi connectivity index (χ4v) is 11.7. The molecule has 2 aromatic heterocycles. The van der Waals surface area contributed by atoms with Crippen molar-refractivity contribution in [2.24, 2.45) is 0 Å². The third kappa shape index (κ3) is 6.30. The minimum absolute atomic E-state index is 0.604. The van der Waals surface area contributed by atoms with Crippen molar-refractivity contribution in [2.75, 3.05) is 0 Å². The molecule has 1 aliphatic carbocycles. The molecular weight excluding hydrogens is 833 g/mol. The third-order valence-corrected chi connectivity index (χ3v) is 14.7. The summed E-state index contributed by atoms with van der Waals surface area (Å²) in [4.78, 5) is 4.60. The van der Waals surface area contributed by atoms with Crippen LogP contribution in [0, 0.1) is 0 Å². The second-order valence-corrected chi connectivity index (χ2v) is 18.2. The van der Waals surface area contributed by atoms with Gasteiger partial charge in [-0.15, -0.1) is 0 Å². The van der Waals surface area contributed by atoms with Crippen molar-refractivity contribution in [1.29, 1.82) is 0 Å². The molecule has 13 rings (SSSR count). The van der Waals surface area contributed by atoms with Gasteiger partial charge in [0.15, 0.2) is 0 Å². The molecule has 0 saturated carbocycles. The molecule has 0 bridgehead atoms. The highest BCUT2D eigenvalue weighted by Crippen LogP contribution is 2.58. The minimum Gasteiger partial charge on any atom is -0.309 e. The van der Waals surface area contributed by atoms with Crippen LogP contribution in [0.25, 0.3) is 61.0 Å². The molecular formula is C67H46N2. The highest BCUT2D eigenvalue weighted by molar-refractivity contribution is 6.10. The van der Waals surface area contributed by atoms with Gasteiger partial charge in [0.05, 0.1) is 27.6 Å². The molecule has 0 atom stereocenters. The first-order valence-electron chi connectivity index (χ1n) is 23.9. The van der Waals surface area contributed by atoms with E-state index in [1.54, 1.807) is 0 Å². The largest absolute Gasteiger partial charge is 0.309 e. The van der Waals surface area contributed by atoms with E-state index in [0.717, 1.165) is 16.9 Å². The number of benzene rings is 10. The van der Waals surface area contributed by atoms with E-state index >= 15 is 0 Å². The Kier molecular flexibility index (Phi) is 9.66. The lowest BCUT2D eigenvalue weighted by Gasteiger charge is -2.39. The van der Waals surface area contributed by atoms with Crippen LogP contribution in [0.2, 0.25) is 0 Å². The minimum atomic E-state index is -0.628. The maximum Gasteiger partial charge on any atom is 0.0713 e. The lowest BCUT2D eigenvalue weighted by atomic mass is 9.63. The van der Waals surface area contributed by atoms with Crippen LogP contribution in [0.5, 0.6) is 0 Å². The number of nitrogens with zero attached hydrogens (tertiary/aromatic N) is 2. The molecule has 2 nitrogen and oxygen atoms in total. The summed E-state index contributed by atoms with van der Waals surface area (Å²) in [5.41, 5.74) is 19.1. The number of fused-ring (bicyclic) bond motifs is 6. The summed E-state index contributed by atoms with van der Waals surface area (Å²) < 4.78 is 2.39. The molecule has 1 aliphatic rings. The number of hydrogen-bond donors (Lipinski definition) is 0. The van der Waals surface area contributed by atoms with Gasteiger partial charge in [0, 0.05) is 28.2 Å².